The number of benzene rings is 2. The van der Waals surface area contributed by atoms with Gasteiger partial charge in [0.05, 0.1) is 4.90 Å². The summed E-state index contributed by atoms with van der Waals surface area (Å²) < 4.78 is 27.3. The van der Waals surface area contributed by atoms with Gasteiger partial charge in [-0.3, -0.25) is 4.79 Å². The summed E-state index contributed by atoms with van der Waals surface area (Å²) in [6, 6.07) is 17.4. The summed E-state index contributed by atoms with van der Waals surface area (Å²) in [5.74, 6) is -0.0464. The number of carbonyl (C=O) groups is 1. The highest BCUT2D eigenvalue weighted by molar-refractivity contribution is 7.92. The largest absolute Gasteiger partial charge is 0.326 e. The van der Waals surface area contributed by atoms with Crippen molar-refractivity contribution in [1.82, 2.24) is 9.97 Å². The van der Waals surface area contributed by atoms with Crippen LogP contribution in [-0.4, -0.2) is 24.3 Å². The Kier molecular flexibility index (Phi) is 6.23. The van der Waals surface area contributed by atoms with Crippen LogP contribution in [0.1, 0.15) is 30.5 Å². The maximum absolute atomic E-state index is 12.5. The number of aryl methyl sites for hydroxylation is 1. The van der Waals surface area contributed by atoms with E-state index in [4.69, 9.17) is 0 Å². The van der Waals surface area contributed by atoms with Crippen LogP contribution >= 0.6 is 0 Å². The SMILES string of the molecule is Cc1ccnc(NS(=O)(=O)c2ccc(NC(=O)CC(C)c3ccccc3)cc2)n1. The van der Waals surface area contributed by atoms with Crippen molar-refractivity contribution >= 4 is 27.6 Å². The fraction of sp³-hybridized carbons (Fsp3) is 0.190. The zero-order chi connectivity index (χ0) is 20.9. The number of anilines is 2. The third-order valence-corrected chi connectivity index (χ3v) is 5.67. The summed E-state index contributed by atoms with van der Waals surface area (Å²) in [6.07, 6.45) is 1.81. The Morgan fingerprint density at radius 2 is 1.72 bits per heavy atom. The van der Waals surface area contributed by atoms with Gasteiger partial charge < -0.3 is 5.32 Å². The molecule has 0 aliphatic rings. The minimum atomic E-state index is -3.82. The summed E-state index contributed by atoms with van der Waals surface area (Å²) in [5.41, 5.74) is 2.27. The molecule has 2 aromatic carbocycles. The molecule has 2 N–H and O–H groups in total. The molecule has 1 unspecified atom stereocenters. The van der Waals surface area contributed by atoms with Gasteiger partial charge in [0.15, 0.2) is 0 Å². The van der Waals surface area contributed by atoms with Crippen LogP contribution in [0.25, 0.3) is 0 Å². The lowest BCUT2D eigenvalue weighted by atomic mass is 9.97. The number of amides is 1. The minimum absolute atomic E-state index is 0.0114. The van der Waals surface area contributed by atoms with Crippen molar-refractivity contribution in [1.29, 1.82) is 0 Å². The van der Waals surface area contributed by atoms with Crippen LogP contribution in [0.3, 0.4) is 0 Å². The van der Waals surface area contributed by atoms with Crippen LogP contribution in [0.2, 0.25) is 0 Å². The quantitative estimate of drug-likeness (QED) is 0.618. The number of hydrogen-bond acceptors (Lipinski definition) is 5. The number of sulfonamides is 1. The van der Waals surface area contributed by atoms with Crippen molar-refractivity contribution < 1.29 is 13.2 Å². The van der Waals surface area contributed by atoms with Crippen LogP contribution in [0.15, 0.2) is 71.8 Å². The normalized spacial score (nSPS) is 12.2. The molecule has 0 saturated heterocycles. The van der Waals surface area contributed by atoms with Crippen LogP contribution < -0.4 is 10.0 Å². The molecule has 150 valence electrons. The lowest BCUT2D eigenvalue weighted by molar-refractivity contribution is -0.116. The van der Waals surface area contributed by atoms with E-state index in [-0.39, 0.29) is 22.7 Å². The third kappa shape index (κ3) is 5.61. The Morgan fingerprint density at radius 3 is 2.38 bits per heavy atom. The average Bonchev–Trinajstić information content (AvgIpc) is 2.68. The highest BCUT2D eigenvalue weighted by Gasteiger charge is 2.16. The summed E-state index contributed by atoms with van der Waals surface area (Å²) in [5, 5.41) is 2.80. The maximum atomic E-state index is 12.5. The summed E-state index contributed by atoms with van der Waals surface area (Å²) in [7, 11) is -3.82. The van der Waals surface area contributed by atoms with E-state index >= 15 is 0 Å². The van der Waals surface area contributed by atoms with E-state index in [2.05, 4.69) is 20.0 Å². The van der Waals surface area contributed by atoms with Crippen LogP contribution in [0.4, 0.5) is 11.6 Å². The van der Waals surface area contributed by atoms with Gasteiger partial charge in [-0.2, -0.15) is 0 Å². The molecule has 29 heavy (non-hydrogen) atoms. The predicted molar refractivity (Wildman–Crippen MR) is 112 cm³/mol. The fourth-order valence-corrected chi connectivity index (χ4v) is 3.74. The maximum Gasteiger partial charge on any atom is 0.264 e. The van der Waals surface area contributed by atoms with Gasteiger partial charge in [0.1, 0.15) is 0 Å². The van der Waals surface area contributed by atoms with Crippen molar-refractivity contribution in [2.75, 3.05) is 10.0 Å². The Bertz CT molecular complexity index is 1080. The highest BCUT2D eigenvalue weighted by Crippen LogP contribution is 2.20. The molecule has 1 atom stereocenters. The molecule has 0 aliphatic carbocycles. The number of nitrogens with zero attached hydrogens (tertiary/aromatic N) is 2. The van der Waals surface area contributed by atoms with E-state index in [0.29, 0.717) is 17.8 Å². The molecule has 0 bridgehead atoms. The molecule has 1 heterocycles. The molecule has 7 nitrogen and oxygen atoms in total. The van der Waals surface area contributed by atoms with Gasteiger partial charge in [-0.05, 0) is 48.7 Å². The first-order chi connectivity index (χ1) is 13.8. The van der Waals surface area contributed by atoms with E-state index in [0.717, 1.165) is 5.56 Å². The number of rotatable bonds is 7. The molecule has 8 heteroatoms. The van der Waals surface area contributed by atoms with Gasteiger partial charge in [0.25, 0.3) is 10.0 Å². The van der Waals surface area contributed by atoms with Crippen molar-refractivity contribution in [3.8, 4) is 0 Å². The molecule has 1 amide bonds. The van der Waals surface area contributed by atoms with Crippen molar-refractivity contribution in [3.05, 3.63) is 78.1 Å². The Hall–Kier alpha value is -3.26. The lowest BCUT2D eigenvalue weighted by Gasteiger charge is -2.12. The zero-order valence-corrected chi connectivity index (χ0v) is 17.0. The standard InChI is InChI=1S/C21H22N4O3S/c1-15(17-6-4-3-5-7-17)14-20(26)24-18-8-10-19(11-9-18)29(27,28)25-21-22-13-12-16(2)23-21/h3-13,15H,14H2,1-2H3,(H,24,26)(H,22,23,25). The smallest absolute Gasteiger partial charge is 0.264 e. The van der Waals surface area contributed by atoms with Gasteiger partial charge in [-0.1, -0.05) is 37.3 Å². The Labute approximate surface area is 170 Å². The van der Waals surface area contributed by atoms with E-state index in [9.17, 15) is 13.2 Å². The number of aromatic nitrogens is 2. The molecule has 3 rings (SSSR count). The number of carbonyl (C=O) groups excluding carboxylic acids is 1. The predicted octanol–water partition coefficient (Wildman–Crippen LogP) is 3.72. The van der Waals surface area contributed by atoms with E-state index in [1.165, 1.54) is 18.3 Å². The molecule has 1 aromatic heterocycles. The van der Waals surface area contributed by atoms with Crippen LogP contribution in [0.5, 0.6) is 0 Å². The van der Waals surface area contributed by atoms with Gasteiger partial charge in [0.2, 0.25) is 11.9 Å². The van der Waals surface area contributed by atoms with Crippen LogP contribution in [-0.2, 0) is 14.8 Å². The van der Waals surface area contributed by atoms with E-state index in [1.54, 1.807) is 25.1 Å². The van der Waals surface area contributed by atoms with Crippen molar-refractivity contribution in [3.63, 3.8) is 0 Å². The zero-order valence-electron chi connectivity index (χ0n) is 16.2. The monoisotopic (exact) mass is 410 g/mol. The summed E-state index contributed by atoms with van der Waals surface area (Å²) in [4.78, 5) is 20.3. The Morgan fingerprint density at radius 1 is 1.03 bits per heavy atom. The first kappa shape index (κ1) is 20.5. The molecule has 0 saturated carbocycles. The van der Waals surface area contributed by atoms with Crippen molar-refractivity contribution in [2.24, 2.45) is 0 Å². The van der Waals surface area contributed by atoms with Gasteiger partial charge >= 0.3 is 0 Å². The molecular formula is C21H22N4O3S. The molecule has 0 radical (unpaired) electrons. The second kappa shape index (κ2) is 8.83. The highest BCUT2D eigenvalue weighted by atomic mass is 32.2. The van der Waals surface area contributed by atoms with Gasteiger partial charge in [0, 0.05) is 24.0 Å². The minimum Gasteiger partial charge on any atom is -0.326 e. The number of hydrogen-bond donors (Lipinski definition) is 2. The third-order valence-electron chi connectivity index (χ3n) is 4.33. The molecule has 0 spiro atoms. The summed E-state index contributed by atoms with van der Waals surface area (Å²) in [6.45, 7) is 3.74. The first-order valence-corrected chi connectivity index (χ1v) is 10.6. The van der Waals surface area contributed by atoms with E-state index < -0.39 is 10.0 Å². The molecule has 3 aromatic rings. The summed E-state index contributed by atoms with van der Waals surface area (Å²) >= 11 is 0. The van der Waals surface area contributed by atoms with Crippen molar-refractivity contribution in [2.45, 2.75) is 31.1 Å². The molecular weight excluding hydrogens is 388 g/mol. The van der Waals surface area contributed by atoms with E-state index in [1.807, 2.05) is 37.3 Å². The van der Waals surface area contributed by atoms with Crippen LogP contribution in [0, 0.1) is 6.92 Å². The Balaban J connectivity index is 1.62. The number of nitrogens with one attached hydrogen (secondary N) is 2. The topological polar surface area (TPSA) is 101 Å². The average molecular weight is 410 g/mol. The van der Waals surface area contributed by atoms with Gasteiger partial charge in [-0.15, -0.1) is 0 Å². The first-order valence-electron chi connectivity index (χ1n) is 9.11. The van der Waals surface area contributed by atoms with Gasteiger partial charge in [-0.25, -0.2) is 23.1 Å². The second-order valence-electron chi connectivity index (χ2n) is 6.72. The molecule has 0 aliphatic heterocycles. The second-order valence-corrected chi connectivity index (χ2v) is 8.40. The molecule has 0 fully saturated rings. The fourth-order valence-electron chi connectivity index (χ4n) is 2.78. The lowest BCUT2D eigenvalue weighted by Crippen LogP contribution is -2.16.